The number of nitrogens with one attached hydrogen (secondary N) is 2. The van der Waals surface area contributed by atoms with Crippen LogP contribution in [0.25, 0.3) is 0 Å². The SMILES string of the molecule is O=[N+]([O-])c1c(F)cccc1S(=O)(=O)NCC1CNCCO1. The van der Waals surface area contributed by atoms with Gasteiger partial charge >= 0.3 is 5.69 Å². The van der Waals surface area contributed by atoms with Crippen molar-refractivity contribution in [3.63, 3.8) is 0 Å². The third-order valence-corrected chi connectivity index (χ3v) is 4.38. The molecule has 10 heteroatoms. The molecule has 0 bridgehead atoms. The minimum absolute atomic E-state index is 0.0526. The number of nitrogens with zero attached hydrogens (tertiary/aromatic N) is 1. The van der Waals surface area contributed by atoms with Crippen LogP contribution in [-0.4, -0.2) is 45.7 Å². The molecule has 0 amide bonds. The van der Waals surface area contributed by atoms with Gasteiger partial charge in [-0.25, -0.2) is 13.1 Å². The van der Waals surface area contributed by atoms with Gasteiger partial charge in [0.2, 0.25) is 15.8 Å². The highest BCUT2D eigenvalue weighted by molar-refractivity contribution is 7.89. The van der Waals surface area contributed by atoms with Gasteiger partial charge in [0.25, 0.3) is 0 Å². The molecule has 0 saturated carbocycles. The van der Waals surface area contributed by atoms with Crippen molar-refractivity contribution in [2.45, 2.75) is 11.0 Å². The summed E-state index contributed by atoms with van der Waals surface area (Å²) in [5.74, 6) is -1.20. The highest BCUT2D eigenvalue weighted by atomic mass is 32.2. The van der Waals surface area contributed by atoms with Crippen LogP contribution in [-0.2, 0) is 14.8 Å². The number of nitro benzene ring substituents is 1. The second kappa shape index (κ2) is 6.43. The van der Waals surface area contributed by atoms with Gasteiger partial charge in [-0.1, -0.05) is 6.07 Å². The lowest BCUT2D eigenvalue weighted by Crippen LogP contribution is -2.45. The molecule has 0 aromatic heterocycles. The van der Waals surface area contributed by atoms with E-state index in [9.17, 15) is 22.9 Å². The Bertz CT molecular complexity index is 631. The van der Waals surface area contributed by atoms with E-state index in [4.69, 9.17) is 4.74 Å². The van der Waals surface area contributed by atoms with Gasteiger partial charge in [0, 0.05) is 19.6 Å². The molecule has 1 saturated heterocycles. The van der Waals surface area contributed by atoms with Crippen LogP contribution >= 0.6 is 0 Å². The zero-order chi connectivity index (χ0) is 15.5. The molecule has 0 radical (unpaired) electrons. The molecule has 0 spiro atoms. The third-order valence-electron chi connectivity index (χ3n) is 2.93. The number of hydrogen-bond donors (Lipinski definition) is 2. The van der Waals surface area contributed by atoms with E-state index >= 15 is 0 Å². The Labute approximate surface area is 120 Å². The van der Waals surface area contributed by atoms with Crippen LogP contribution in [0.5, 0.6) is 0 Å². The zero-order valence-electron chi connectivity index (χ0n) is 10.9. The Morgan fingerprint density at radius 3 is 2.90 bits per heavy atom. The predicted molar refractivity (Wildman–Crippen MR) is 70.9 cm³/mol. The fourth-order valence-corrected chi connectivity index (χ4v) is 3.17. The van der Waals surface area contributed by atoms with Gasteiger partial charge in [-0.15, -0.1) is 0 Å². The van der Waals surface area contributed by atoms with Crippen molar-refractivity contribution in [3.05, 3.63) is 34.1 Å². The largest absolute Gasteiger partial charge is 0.374 e. The average molecular weight is 319 g/mol. The molecule has 1 aliphatic rings. The number of para-hydroxylation sites is 1. The number of rotatable bonds is 5. The van der Waals surface area contributed by atoms with Crippen molar-refractivity contribution in [1.29, 1.82) is 0 Å². The Morgan fingerprint density at radius 1 is 1.52 bits per heavy atom. The second-order valence-electron chi connectivity index (χ2n) is 4.39. The maximum Gasteiger partial charge on any atom is 0.324 e. The third kappa shape index (κ3) is 3.73. The Hall–Kier alpha value is -1.62. The topological polar surface area (TPSA) is 111 Å². The summed E-state index contributed by atoms with van der Waals surface area (Å²) in [5, 5.41) is 13.9. The lowest BCUT2D eigenvalue weighted by Gasteiger charge is -2.23. The standard InChI is InChI=1S/C11H14FN3O5S/c12-9-2-1-3-10(11(9)15(16)17)21(18,19)14-7-8-6-13-4-5-20-8/h1-3,8,13-14H,4-7H2. The average Bonchev–Trinajstić information content (AvgIpc) is 2.46. The molecule has 1 aromatic carbocycles. The van der Waals surface area contributed by atoms with Gasteiger partial charge in [0.05, 0.1) is 17.6 Å². The fourth-order valence-electron chi connectivity index (χ4n) is 1.92. The van der Waals surface area contributed by atoms with Crippen LogP contribution in [0.15, 0.2) is 23.1 Å². The molecule has 1 aromatic rings. The molecule has 2 rings (SSSR count). The molecule has 1 unspecified atom stereocenters. The summed E-state index contributed by atoms with van der Waals surface area (Å²) in [4.78, 5) is 9.08. The normalized spacial score (nSPS) is 19.4. The first-order valence-electron chi connectivity index (χ1n) is 6.16. The number of benzene rings is 1. The first-order chi connectivity index (χ1) is 9.92. The van der Waals surface area contributed by atoms with E-state index in [1.807, 2.05) is 0 Å². The van der Waals surface area contributed by atoms with E-state index in [1.165, 1.54) is 0 Å². The van der Waals surface area contributed by atoms with Crippen LogP contribution in [0, 0.1) is 15.9 Å². The van der Waals surface area contributed by atoms with Gasteiger partial charge < -0.3 is 10.1 Å². The molecule has 1 heterocycles. The molecule has 1 aliphatic heterocycles. The minimum Gasteiger partial charge on any atom is -0.374 e. The Kier molecular flexibility index (Phi) is 4.83. The Morgan fingerprint density at radius 2 is 2.29 bits per heavy atom. The van der Waals surface area contributed by atoms with E-state index in [0.29, 0.717) is 19.7 Å². The number of morpholine rings is 1. The number of ether oxygens (including phenoxy) is 1. The van der Waals surface area contributed by atoms with E-state index in [2.05, 4.69) is 10.0 Å². The highest BCUT2D eigenvalue weighted by Crippen LogP contribution is 2.26. The van der Waals surface area contributed by atoms with Crippen LogP contribution in [0.2, 0.25) is 0 Å². The van der Waals surface area contributed by atoms with Gasteiger partial charge in [-0.05, 0) is 12.1 Å². The van der Waals surface area contributed by atoms with Gasteiger partial charge in [0.15, 0.2) is 4.90 Å². The van der Waals surface area contributed by atoms with Crippen LogP contribution < -0.4 is 10.0 Å². The smallest absolute Gasteiger partial charge is 0.324 e. The fraction of sp³-hybridized carbons (Fsp3) is 0.455. The highest BCUT2D eigenvalue weighted by Gasteiger charge is 2.30. The first-order valence-corrected chi connectivity index (χ1v) is 7.65. The molecule has 8 nitrogen and oxygen atoms in total. The molecular formula is C11H14FN3O5S. The van der Waals surface area contributed by atoms with Crippen LogP contribution in [0.1, 0.15) is 0 Å². The number of halogens is 1. The lowest BCUT2D eigenvalue weighted by atomic mass is 10.3. The molecule has 0 aliphatic carbocycles. The minimum atomic E-state index is -4.20. The number of nitro groups is 1. The maximum absolute atomic E-state index is 13.5. The first kappa shape index (κ1) is 15.8. The van der Waals surface area contributed by atoms with Crippen molar-refractivity contribution >= 4 is 15.7 Å². The summed E-state index contributed by atoms with van der Waals surface area (Å²) in [5.41, 5.74) is -1.06. The van der Waals surface area contributed by atoms with E-state index in [1.54, 1.807) is 0 Å². The molecule has 1 fully saturated rings. The van der Waals surface area contributed by atoms with Crippen molar-refractivity contribution < 1.29 is 22.5 Å². The van der Waals surface area contributed by atoms with Crippen molar-refractivity contribution in [2.24, 2.45) is 0 Å². The summed E-state index contributed by atoms with van der Waals surface area (Å²) in [6, 6.07) is 2.93. The summed E-state index contributed by atoms with van der Waals surface area (Å²) in [7, 11) is -4.20. The molecule has 21 heavy (non-hydrogen) atoms. The van der Waals surface area contributed by atoms with Gasteiger partial charge in [-0.2, -0.15) is 4.39 Å². The molecule has 116 valence electrons. The molecular weight excluding hydrogens is 305 g/mol. The van der Waals surface area contributed by atoms with Gasteiger partial charge in [0.1, 0.15) is 0 Å². The summed E-state index contributed by atoms with van der Waals surface area (Å²) >= 11 is 0. The summed E-state index contributed by atoms with van der Waals surface area (Å²) < 4.78 is 45.2. The summed E-state index contributed by atoms with van der Waals surface area (Å²) in [6.45, 7) is 1.54. The van der Waals surface area contributed by atoms with E-state index in [0.717, 1.165) is 18.2 Å². The maximum atomic E-state index is 13.5. The van der Waals surface area contributed by atoms with E-state index < -0.39 is 31.3 Å². The van der Waals surface area contributed by atoms with Crippen molar-refractivity contribution in [3.8, 4) is 0 Å². The van der Waals surface area contributed by atoms with Crippen molar-refractivity contribution in [2.75, 3.05) is 26.2 Å². The van der Waals surface area contributed by atoms with Crippen LogP contribution in [0.4, 0.5) is 10.1 Å². The van der Waals surface area contributed by atoms with Crippen LogP contribution in [0.3, 0.4) is 0 Å². The summed E-state index contributed by atoms with van der Waals surface area (Å²) in [6.07, 6.45) is -0.374. The monoisotopic (exact) mass is 319 g/mol. The van der Waals surface area contributed by atoms with Crippen molar-refractivity contribution in [1.82, 2.24) is 10.0 Å². The van der Waals surface area contributed by atoms with E-state index in [-0.39, 0.29) is 12.6 Å². The number of hydrogen-bond acceptors (Lipinski definition) is 6. The predicted octanol–water partition coefficient (Wildman–Crippen LogP) is 0.000600. The molecule has 1 atom stereocenters. The number of sulfonamides is 1. The Balaban J connectivity index is 2.19. The van der Waals surface area contributed by atoms with Gasteiger partial charge in [-0.3, -0.25) is 10.1 Å². The lowest BCUT2D eigenvalue weighted by molar-refractivity contribution is -0.390. The zero-order valence-corrected chi connectivity index (χ0v) is 11.7. The second-order valence-corrected chi connectivity index (χ2v) is 6.13. The quantitative estimate of drug-likeness (QED) is 0.584. The molecule has 2 N–H and O–H groups in total.